The largest absolute Gasteiger partial charge is 0.333 e. The Morgan fingerprint density at radius 2 is 2.10 bits per heavy atom. The van der Waals surface area contributed by atoms with Crippen LogP contribution in [0.15, 0.2) is 16.8 Å². The molecule has 0 aliphatic heterocycles. The van der Waals surface area contributed by atoms with Crippen molar-refractivity contribution in [3.63, 3.8) is 0 Å². The molecule has 8 heteroatoms. The molecule has 0 amide bonds. The van der Waals surface area contributed by atoms with Gasteiger partial charge in [0.05, 0.1) is 5.69 Å². The zero-order valence-corrected chi connectivity index (χ0v) is 11.8. The van der Waals surface area contributed by atoms with Crippen LogP contribution in [0, 0.1) is 13.8 Å². The molecule has 20 heavy (non-hydrogen) atoms. The molecule has 0 unspecified atom stereocenters. The van der Waals surface area contributed by atoms with Gasteiger partial charge >= 0.3 is 0 Å². The van der Waals surface area contributed by atoms with Crippen LogP contribution in [-0.2, 0) is 6.54 Å². The van der Waals surface area contributed by atoms with Crippen LogP contribution in [0.1, 0.15) is 16.5 Å². The number of thiazole rings is 1. The van der Waals surface area contributed by atoms with Crippen molar-refractivity contribution in [2.45, 2.75) is 20.4 Å². The molecule has 3 heterocycles. The number of nitrogens with two attached hydrogens (primary N) is 1. The molecule has 0 bridgehead atoms. The summed E-state index contributed by atoms with van der Waals surface area (Å²) in [5.41, 5.74) is 7.06. The van der Waals surface area contributed by atoms with Gasteiger partial charge in [0.1, 0.15) is 21.4 Å². The number of hydrogen-bond acceptors (Lipinski definition) is 8. The van der Waals surface area contributed by atoms with Gasteiger partial charge in [-0.05, 0) is 19.9 Å². The van der Waals surface area contributed by atoms with Gasteiger partial charge in [0.2, 0.25) is 5.82 Å². The van der Waals surface area contributed by atoms with E-state index < -0.39 is 0 Å². The van der Waals surface area contributed by atoms with Gasteiger partial charge in [-0.3, -0.25) is 0 Å². The van der Waals surface area contributed by atoms with Gasteiger partial charge in [0, 0.05) is 12.7 Å². The van der Waals surface area contributed by atoms with E-state index in [4.69, 9.17) is 10.3 Å². The van der Waals surface area contributed by atoms with E-state index in [1.807, 2.05) is 13.8 Å². The van der Waals surface area contributed by atoms with E-state index in [0.717, 1.165) is 15.6 Å². The standard InChI is InChI=1S/C12H12N6OS/c1-6-10(20-9(5-13)15-6)12-17-11(18-19-12)8-3-4-14-7(2)16-8/h3-4H,5,13H2,1-2H3. The van der Waals surface area contributed by atoms with Crippen LogP contribution in [0.3, 0.4) is 0 Å². The predicted molar refractivity (Wildman–Crippen MR) is 73.8 cm³/mol. The van der Waals surface area contributed by atoms with Crippen molar-refractivity contribution in [2.24, 2.45) is 5.73 Å². The molecule has 0 saturated carbocycles. The van der Waals surface area contributed by atoms with E-state index in [2.05, 4.69) is 25.1 Å². The number of aryl methyl sites for hydroxylation is 2. The summed E-state index contributed by atoms with van der Waals surface area (Å²) in [6, 6.07) is 1.74. The number of hydrogen-bond donors (Lipinski definition) is 1. The number of aromatic nitrogens is 5. The summed E-state index contributed by atoms with van der Waals surface area (Å²) in [6.45, 7) is 4.10. The minimum Gasteiger partial charge on any atom is -0.333 e. The zero-order valence-electron chi connectivity index (χ0n) is 11.0. The average Bonchev–Trinajstić information content (AvgIpc) is 3.05. The lowest BCUT2D eigenvalue weighted by Gasteiger charge is -1.93. The van der Waals surface area contributed by atoms with Crippen molar-refractivity contribution in [3.05, 3.63) is 28.8 Å². The van der Waals surface area contributed by atoms with Crippen LogP contribution < -0.4 is 5.73 Å². The molecule has 0 aliphatic carbocycles. The van der Waals surface area contributed by atoms with E-state index in [1.54, 1.807) is 12.3 Å². The highest BCUT2D eigenvalue weighted by Gasteiger charge is 2.17. The first-order valence-corrected chi connectivity index (χ1v) is 6.79. The van der Waals surface area contributed by atoms with Crippen LogP contribution in [-0.4, -0.2) is 25.1 Å². The van der Waals surface area contributed by atoms with Gasteiger partial charge in [-0.25, -0.2) is 15.0 Å². The summed E-state index contributed by atoms with van der Waals surface area (Å²) in [5.74, 6) is 1.53. The molecule has 0 saturated heterocycles. The fraction of sp³-hybridized carbons (Fsp3) is 0.250. The number of nitrogens with zero attached hydrogens (tertiary/aromatic N) is 5. The van der Waals surface area contributed by atoms with E-state index in [0.29, 0.717) is 29.8 Å². The Labute approximate surface area is 118 Å². The predicted octanol–water partition coefficient (Wildman–Crippen LogP) is 1.73. The quantitative estimate of drug-likeness (QED) is 0.782. The molecular weight excluding hydrogens is 276 g/mol. The second-order valence-electron chi connectivity index (χ2n) is 4.14. The average molecular weight is 288 g/mol. The van der Waals surface area contributed by atoms with Crippen molar-refractivity contribution < 1.29 is 4.52 Å². The zero-order chi connectivity index (χ0) is 14.1. The Bertz CT molecular complexity index is 750. The van der Waals surface area contributed by atoms with Crippen molar-refractivity contribution >= 4 is 11.3 Å². The Hall–Kier alpha value is -2.19. The van der Waals surface area contributed by atoms with Crippen molar-refractivity contribution in [1.29, 1.82) is 0 Å². The summed E-state index contributed by atoms with van der Waals surface area (Å²) in [4.78, 5) is 17.9. The smallest absolute Gasteiger partial charge is 0.270 e. The molecular formula is C12H12N6OS. The SMILES string of the molecule is Cc1nccc(-c2noc(-c3sc(CN)nc3C)n2)n1. The summed E-state index contributed by atoms with van der Waals surface area (Å²) in [6.07, 6.45) is 1.66. The maximum Gasteiger partial charge on any atom is 0.270 e. The van der Waals surface area contributed by atoms with Gasteiger partial charge < -0.3 is 10.3 Å². The summed E-state index contributed by atoms with van der Waals surface area (Å²) >= 11 is 1.46. The van der Waals surface area contributed by atoms with Gasteiger partial charge in [-0.15, -0.1) is 11.3 Å². The lowest BCUT2D eigenvalue weighted by Crippen LogP contribution is -1.94. The van der Waals surface area contributed by atoms with E-state index >= 15 is 0 Å². The fourth-order valence-corrected chi connectivity index (χ4v) is 2.60. The van der Waals surface area contributed by atoms with Gasteiger partial charge in [-0.1, -0.05) is 5.16 Å². The first-order valence-electron chi connectivity index (χ1n) is 5.98. The van der Waals surface area contributed by atoms with Gasteiger partial charge in [0.25, 0.3) is 5.89 Å². The van der Waals surface area contributed by atoms with Crippen molar-refractivity contribution in [3.8, 4) is 22.3 Å². The topological polar surface area (TPSA) is 104 Å². The fourth-order valence-electron chi connectivity index (χ4n) is 1.74. The Balaban J connectivity index is 1.99. The molecule has 0 spiro atoms. The molecule has 0 fully saturated rings. The minimum atomic E-state index is 0.400. The minimum absolute atomic E-state index is 0.400. The highest BCUT2D eigenvalue weighted by molar-refractivity contribution is 7.15. The molecule has 3 aromatic heterocycles. The number of rotatable bonds is 3. The van der Waals surface area contributed by atoms with Crippen molar-refractivity contribution in [1.82, 2.24) is 25.1 Å². The van der Waals surface area contributed by atoms with Gasteiger partial charge in [-0.2, -0.15) is 4.98 Å². The summed E-state index contributed by atoms with van der Waals surface area (Å²) in [7, 11) is 0. The highest BCUT2D eigenvalue weighted by Crippen LogP contribution is 2.29. The van der Waals surface area contributed by atoms with Crippen LogP contribution >= 0.6 is 11.3 Å². The molecule has 2 N–H and O–H groups in total. The summed E-state index contributed by atoms with van der Waals surface area (Å²) < 4.78 is 5.29. The third kappa shape index (κ3) is 2.30. The molecule has 3 rings (SSSR count). The first kappa shape index (κ1) is 12.8. The van der Waals surface area contributed by atoms with Crippen LogP contribution in [0.2, 0.25) is 0 Å². The normalized spacial score (nSPS) is 10.9. The molecule has 0 atom stereocenters. The van der Waals surface area contributed by atoms with Crippen LogP contribution in [0.5, 0.6) is 0 Å². The second kappa shape index (κ2) is 5.06. The third-order valence-electron chi connectivity index (χ3n) is 2.64. The molecule has 102 valence electrons. The Kier molecular flexibility index (Phi) is 3.25. The Morgan fingerprint density at radius 1 is 1.25 bits per heavy atom. The molecule has 0 radical (unpaired) electrons. The van der Waals surface area contributed by atoms with E-state index in [1.165, 1.54) is 11.3 Å². The Morgan fingerprint density at radius 3 is 2.80 bits per heavy atom. The lowest BCUT2D eigenvalue weighted by molar-refractivity contribution is 0.432. The molecule has 0 aliphatic rings. The van der Waals surface area contributed by atoms with E-state index in [-0.39, 0.29) is 0 Å². The van der Waals surface area contributed by atoms with Gasteiger partial charge in [0.15, 0.2) is 0 Å². The van der Waals surface area contributed by atoms with E-state index in [9.17, 15) is 0 Å². The monoisotopic (exact) mass is 288 g/mol. The third-order valence-corrected chi connectivity index (χ3v) is 3.81. The molecule has 3 aromatic rings. The molecule has 7 nitrogen and oxygen atoms in total. The first-order chi connectivity index (χ1) is 9.67. The lowest BCUT2D eigenvalue weighted by atomic mass is 10.3. The second-order valence-corrected chi connectivity index (χ2v) is 5.22. The summed E-state index contributed by atoms with van der Waals surface area (Å²) in [5, 5.41) is 4.79. The van der Waals surface area contributed by atoms with Crippen LogP contribution in [0.25, 0.3) is 22.3 Å². The maximum absolute atomic E-state index is 5.59. The highest BCUT2D eigenvalue weighted by atomic mass is 32.1. The molecule has 0 aromatic carbocycles. The maximum atomic E-state index is 5.59. The van der Waals surface area contributed by atoms with Crippen molar-refractivity contribution in [2.75, 3.05) is 0 Å². The van der Waals surface area contributed by atoms with Crippen LogP contribution in [0.4, 0.5) is 0 Å².